The van der Waals surface area contributed by atoms with Gasteiger partial charge in [0.25, 0.3) is 5.91 Å². The highest BCUT2D eigenvalue weighted by Gasteiger charge is 2.17. The van der Waals surface area contributed by atoms with Crippen molar-refractivity contribution in [3.05, 3.63) is 72.2 Å². The number of pyridine rings is 1. The average molecular weight is 376 g/mol. The van der Waals surface area contributed by atoms with Gasteiger partial charge in [-0.2, -0.15) is 5.10 Å². The second kappa shape index (κ2) is 7.11. The van der Waals surface area contributed by atoms with E-state index in [9.17, 15) is 9.18 Å². The van der Waals surface area contributed by atoms with Crippen molar-refractivity contribution in [3.8, 4) is 17.0 Å². The van der Waals surface area contributed by atoms with Crippen LogP contribution >= 0.6 is 0 Å². The fourth-order valence-corrected chi connectivity index (χ4v) is 2.94. The second-order valence-electron chi connectivity index (χ2n) is 6.25. The summed E-state index contributed by atoms with van der Waals surface area (Å²) in [6.45, 7) is 0. The monoisotopic (exact) mass is 376 g/mol. The summed E-state index contributed by atoms with van der Waals surface area (Å²) in [6, 6.07) is 14.8. The molecule has 7 heteroatoms. The Bertz CT molecular complexity index is 1150. The van der Waals surface area contributed by atoms with Crippen LogP contribution in [0.5, 0.6) is 5.75 Å². The molecule has 0 aliphatic heterocycles. The lowest BCUT2D eigenvalue weighted by molar-refractivity contribution is 0.102. The Balaban J connectivity index is 1.77. The van der Waals surface area contributed by atoms with E-state index in [4.69, 9.17) is 4.74 Å². The number of aryl methyl sites for hydroxylation is 1. The number of aromatic nitrogens is 3. The van der Waals surface area contributed by atoms with Crippen molar-refractivity contribution in [1.29, 1.82) is 0 Å². The van der Waals surface area contributed by atoms with Gasteiger partial charge in [0.1, 0.15) is 11.6 Å². The van der Waals surface area contributed by atoms with Crippen molar-refractivity contribution in [1.82, 2.24) is 14.8 Å². The van der Waals surface area contributed by atoms with Crippen molar-refractivity contribution in [2.45, 2.75) is 0 Å². The maximum atomic E-state index is 13.1. The van der Waals surface area contributed by atoms with Crippen LogP contribution in [-0.2, 0) is 7.05 Å². The van der Waals surface area contributed by atoms with Crippen LogP contribution in [0.2, 0.25) is 0 Å². The van der Waals surface area contributed by atoms with Crippen molar-refractivity contribution in [3.63, 3.8) is 0 Å². The number of fused-ring (bicyclic) bond motifs is 1. The summed E-state index contributed by atoms with van der Waals surface area (Å²) in [6.07, 6.45) is 1.61. The number of nitrogens with zero attached hydrogens (tertiary/aromatic N) is 3. The number of hydrogen-bond acceptors (Lipinski definition) is 4. The zero-order valence-corrected chi connectivity index (χ0v) is 15.3. The quantitative estimate of drug-likeness (QED) is 0.584. The number of hydrogen-bond donors (Lipinski definition) is 1. The first-order chi connectivity index (χ1) is 13.5. The summed E-state index contributed by atoms with van der Waals surface area (Å²) in [5.41, 5.74) is 3.03. The van der Waals surface area contributed by atoms with Crippen LogP contribution in [-0.4, -0.2) is 27.8 Å². The van der Waals surface area contributed by atoms with E-state index in [0.717, 1.165) is 11.3 Å². The third-order valence-electron chi connectivity index (χ3n) is 4.44. The first-order valence-corrected chi connectivity index (χ1v) is 8.59. The minimum absolute atomic E-state index is 0.318. The molecule has 0 saturated carbocycles. The summed E-state index contributed by atoms with van der Waals surface area (Å²) in [7, 11) is 3.38. The molecule has 0 radical (unpaired) electrons. The molecule has 4 aromatic rings. The topological polar surface area (TPSA) is 69.0 Å². The van der Waals surface area contributed by atoms with Gasteiger partial charge in [-0.1, -0.05) is 0 Å². The molecule has 140 valence electrons. The number of benzene rings is 2. The van der Waals surface area contributed by atoms with Gasteiger partial charge in [-0.15, -0.1) is 0 Å². The molecule has 0 fully saturated rings. The molecule has 1 amide bonds. The number of carbonyl (C=O) groups is 1. The van der Waals surface area contributed by atoms with E-state index in [2.05, 4.69) is 15.4 Å². The summed E-state index contributed by atoms with van der Waals surface area (Å²) >= 11 is 0. The van der Waals surface area contributed by atoms with Crippen LogP contribution in [0.15, 0.2) is 60.8 Å². The molecule has 2 aromatic heterocycles. The van der Waals surface area contributed by atoms with E-state index in [1.807, 2.05) is 24.3 Å². The predicted molar refractivity (Wildman–Crippen MR) is 105 cm³/mol. The number of anilines is 1. The van der Waals surface area contributed by atoms with E-state index in [1.165, 1.54) is 24.3 Å². The van der Waals surface area contributed by atoms with E-state index >= 15 is 0 Å². The molecule has 1 N–H and O–H groups in total. The third-order valence-corrected chi connectivity index (χ3v) is 4.44. The molecule has 2 aromatic carbocycles. The van der Waals surface area contributed by atoms with Crippen LogP contribution in [0.25, 0.3) is 22.3 Å². The van der Waals surface area contributed by atoms with Gasteiger partial charge in [-0.3, -0.25) is 9.48 Å². The molecule has 2 heterocycles. The third kappa shape index (κ3) is 3.29. The van der Waals surface area contributed by atoms with Gasteiger partial charge in [0, 0.05) is 18.3 Å². The van der Waals surface area contributed by atoms with Crippen LogP contribution in [0.3, 0.4) is 0 Å². The highest BCUT2D eigenvalue weighted by atomic mass is 19.1. The number of methoxy groups -OCH3 is 1. The Morgan fingerprint density at radius 2 is 1.82 bits per heavy atom. The minimum Gasteiger partial charge on any atom is -0.497 e. The first-order valence-electron chi connectivity index (χ1n) is 8.59. The van der Waals surface area contributed by atoms with E-state index in [1.54, 1.807) is 31.1 Å². The standard InChI is InChI=1S/C21H17FN4O2/c1-26-20-18(12-23-26)17(21(27)24-15-7-5-14(22)6-8-15)11-19(25-20)13-3-9-16(28-2)10-4-13/h3-12H,1-2H3,(H,24,27). The van der Waals surface area contributed by atoms with E-state index < -0.39 is 0 Å². The Kier molecular flexibility index (Phi) is 4.49. The SMILES string of the molecule is COc1ccc(-c2cc(C(=O)Nc3ccc(F)cc3)c3cnn(C)c3n2)cc1. The van der Waals surface area contributed by atoms with Crippen molar-refractivity contribution in [2.24, 2.45) is 7.05 Å². The lowest BCUT2D eigenvalue weighted by atomic mass is 10.1. The van der Waals surface area contributed by atoms with Crippen LogP contribution in [0, 0.1) is 5.82 Å². The first kappa shape index (κ1) is 17.7. The number of halogens is 1. The molecular weight excluding hydrogens is 359 g/mol. The number of amides is 1. The lowest BCUT2D eigenvalue weighted by Gasteiger charge is -2.09. The van der Waals surface area contributed by atoms with Crippen molar-refractivity contribution >= 4 is 22.6 Å². The number of nitrogens with one attached hydrogen (secondary N) is 1. The molecule has 0 aliphatic rings. The zero-order valence-electron chi connectivity index (χ0n) is 15.3. The second-order valence-corrected chi connectivity index (χ2v) is 6.25. The van der Waals surface area contributed by atoms with Crippen LogP contribution in [0.4, 0.5) is 10.1 Å². The molecule has 4 rings (SSSR count). The predicted octanol–water partition coefficient (Wildman–Crippen LogP) is 4.04. The maximum absolute atomic E-state index is 13.1. The van der Waals surface area contributed by atoms with Crippen LogP contribution < -0.4 is 10.1 Å². The van der Waals surface area contributed by atoms with Crippen molar-refractivity contribution in [2.75, 3.05) is 12.4 Å². The fourth-order valence-electron chi connectivity index (χ4n) is 2.94. The Morgan fingerprint density at radius 3 is 2.50 bits per heavy atom. The Morgan fingerprint density at radius 1 is 1.11 bits per heavy atom. The molecule has 28 heavy (non-hydrogen) atoms. The van der Waals surface area contributed by atoms with E-state index in [0.29, 0.717) is 28.0 Å². The van der Waals surface area contributed by atoms with Gasteiger partial charge in [0.2, 0.25) is 0 Å². The number of carbonyl (C=O) groups excluding carboxylic acids is 1. The minimum atomic E-state index is -0.363. The maximum Gasteiger partial charge on any atom is 0.256 e. The van der Waals surface area contributed by atoms with Gasteiger partial charge in [0.15, 0.2) is 5.65 Å². The molecule has 0 bridgehead atoms. The molecule has 0 atom stereocenters. The molecule has 6 nitrogen and oxygen atoms in total. The average Bonchev–Trinajstić information content (AvgIpc) is 3.10. The van der Waals surface area contributed by atoms with Gasteiger partial charge in [-0.05, 0) is 54.6 Å². The van der Waals surface area contributed by atoms with Crippen molar-refractivity contribution < 1.29 is 13.9 Å². The largest absolute Gasteiger partial charge is 0.497 e. The summed E-state index contributed by atoms with van der Waals surface area (Å²) in [5.74, 6) is 0.0553. The van der Waals surface area contributed by atoms with Gasteiger partial charge in [0.05, 0.1) is 30.0 Å². The highest BCUT2D eigenvalue weighted by molar-refractivity contribution is 6.12. The van der Waals surface area contributed by atoms with Gasteiger partial charge >= 0.3 is 0 Å². The molecule has 0 saturated heterocycles. The summed E-state index contributed by atoms with van der Waals surface area (Å²) in [5, 5.41) is 7.66. The fraction of sp³-hybridized carbons (Fsp3) is 0.0952. The Labute approximate surface area is 160 Å². The molecule has 0 aliphatic carbocycles. The smallest absolute Gasteiger partial charge is 0.256 e. The normalized spacial score (nSPS) is 10.8. The zero-order chi connectivity index (χ0) is 19.7. The summed E-state index contributed by atoms with van der Waals surface area (Å²) < 4.78 is 19.9. The molecular formula is C21H17FN4O2. The lowest BCUT2D eigenvalue weighted by Crippen LogP contribution is -2.13. The van der Waals surface area contributed by atoms with Gasteiger partial charge < -0.3 is 10.1 Å². The van der Waals surface area contributed by atoms with Gasteiger partial charge in [-0.25, -0.2) is 9.37 Å². The van der Waals surface area contributed by atoms with Crippen LogP contribution in [0.1, 0.15) is 10.4 Å². The molecule has 0 spiro atoms. The highest BCUT2D eigenvalue weighted by Crippen LogP contribution is 2.26. The van der Waals surface area contributed by atoms with E-state index in [-0.39, 0.29) is 11.7 Å². The number of rotatable bonds is 4. The molecule has 0 unspecified atom stereocenters. The summed E-state index contributed by atoms with van der Waals surface area (Å²) in [4.78, 5) is 17.6. The Hall–Kier alpha value is -3.74. The number of ether oxygens (including phenoxy) is 1.